The van der Waals surface area contributed by atoms with Gasteiger partial charge in [0.15, 0.2) is 0 Å². The molecular formula is C35H42NO9S. The van der Waals surface area contributed by atoms with Crippen molar-refractivity contribution in [3.63, 3.8) is 0 Å². The van der Waals surface area contributed by atoms with E-state index in [2.05, 4.69) is 46.5 Å². The molecule has 0 heterocycles. The fourth-order valence-corrected chi connectivity index (χ4v) is 6.09. The van der Waals surface area contributed by atoms with Gasteiger partial charge in [-0.3, -0.25) is 4.79 Å². The second-order valence-electron chi connectivity index (χ2n) is 9.80. The van der Waals surface area contributed by atoms with Crippen LogP contribution in [0.1, 0.15) is 30.5 Å². The third-order valence-corrected chi connectivity index (χ3v) is 8.19. The van der Waals surface area contributed by atoms with E-state index >= 15 is 0 Å². The number of carbonyl (C=O) groups is 3. The fraction of sp³-hybridized carbons (Fsp3) is 0.371. The number of carbonyl (C=O) groups excluding carboxylic acids is 3. The number of ether oxygens (including phenoxy) is 6. The first-order valence-corrected chi connectivity index (χ1v) is 16.0. The minimum atomic E-state index is -0.873. The third kappa shape index (κ3) is 12.1. The predicted octanol–water partition coefficient (Wildman–Crippen LogP) is 5.14. The molecule has 10 nitrogen and oxygen atoms in total. The molecule has 0 aliphatic rings. The Morgan fingerprint density at radius 3 is 1.50 bits per heavy atom. The van der Waals surface area contributed by atoms with Crippen molar-refractivity contribution in [2.75, 3.05) is 58.6 Å². The number of rotatable bonds is 21. The molecule has 3 rings (SSSR count). The van der Waals surface area contributed by atoms with Crippen LogP contribution >= 0.6 is 11.8 Å². The molecule has 0 saturated heterocycles. The van der Waals surface area contributed by atoms with Gasteiger partial charge >= 0.3 is 12.1 Å². The summed E-state index contributed by atoms with van der Waals surface area (Å²) >= 11 is 1.57. The summed E-state index contributed by atoms with van der Waals surface area (Å²) in [5.41, 5.74) is 3.16. The van der Waals surface area contributed by atoms with Gasteiger partial charge in [-0.05, 0) is 23.6 Å². The molecule has 3 aromatic carbocycles. The SMILES string of the molecule is C[CH]OC(=O)OCCOCCOCCOCCOC(=O)[C@H](CSC(c1ccccc1)(c1ccccc1)c1ccccc1)NC(C)=O. The minimum Gasteiger partial charge on any atom is -0.462 e. The zero-order valence-electron chi connectivity index (χ0n) is 26.3. The highest BCUT2D eigenvalue weighted by Gasteiger charge is 2.38. The summed E-state index contributed by atoms with van der Waals surface area (Å²) in [5, 5.41) is 2.77. The Kier molecular flexibility index (Phi) is 16.7. The Morgan fingerprint density at radius 1 is 0.674 bits per heavy atom. The summed E-state index contributed by atoms with van der Waals surface area (Å²) in [6.45, 7) is 6.03. The molecule has 46 heavy (non-hydrogen) atoms. The summed E-state index contributed by atoms with van der Waals surface area (Å²) in [7, 11) is 0. The van der Waals surface area contributed by atoms with Gasteiger partial charge in [0, 0.05) is 12.7 Å². The van der Waals surface area contributed by atoms with Gasteiger partial charge in [0.1, 0.15) is 25.9 Å². The second kappa shape index (κ2) is 21.0. The van der Waals surface area contributed by atoms with E-state index < -0.39 is 22.9 Å². The average molecular weight is 653 g/mol. The van der Waals surface area contributed by atoms with Crippen LogP contribution in [0.5, 0.6) is 0 Å². The summed E-state index contributed by atoms with van der Waals surface area (Å²) < 4.78 is 30.4. The normalized spacial score (nSPS) is 11.8. The lowest BCUT2D eigenvalue weighted by molar-refractivity contribution is -0.148. The van der Waals surface area contributed by atoms with Gasteiger partial charge in [0.05, 0.1) is 44.4 Å². The Bertz CT molecular complexity index is 1200. The highest BCUT2D eigenvalue weighted by atomic mass is 32.2. The number of thioether (sulfide) groups is 1. The number of hydrogen-bond acceptors (Lipinski definition) is 10. The monoisotopic (exact) mass is 652 g/mol. The van der Waals surface area contributed by atoms with Crippen LogP contribution in [0.25, 0.3) is 0 Å². The smallest absolute Gasteiger partial charge is 0.462 e. The molecule has 1 amide bonds. The number of hydrogen-bond donors (Lipinski definition) is 1. The highest BCUT2D eigenvalue weighted by Crippen LogP contribution is 2.48. The van der Waals surface area contributed by atoms with Crippen LogP contribution < -0.4 is 5.32 Å². The average Bonchev–Trinajstić information content (AvgIpc) is 3.08. The molecule has 3 aromatic rings. The molecule has 0 unspecified atom stereocenters. The lowest BCUT2D eigenvalue weighted by Crippen LogP contribution is -2.44. The zero-order valence-corrected chi connectivity index (χ0v) is 27.1. The van der Waals surface area contributed by atoms with Crippen molar-refractivity contribution in [2.24, 2.45) is 0 Å². The Labute approximate surface area is 275 Å². The lowest BCUT2D eigenvalue weighted by Gasteiger charge is -2.36. The van der Waals surface area contributed by atoms with Crippen molar-refractivity contribution in [1.82, 2.24) is 5.32 Å². The van der Waals surface area contributed by atoms with Crippen LogP contribution in [0.15, 0.2) is 91.0 Å². The highest BCUT2D eigenvalue weighted by molar-refractivity contribution is 8.00. The Hall–Kier alpha value is -3.90. The van der Waals surface area contributed by atoms with E-state index in [1.165, 1.54) is 13.5 Å². The second-order valence-corrected chi connectivity index (χ2v) is 11.0. The van der Waals surface area contributed by atoms with E-state index in [0.29, 0.717) is 26.4 Å². The number of nitrogens with one attached hydrogen (secondary N) is 1. The molecule has 0 aliphatic carbocycles. The third-order valence-electron chi connectivity index (χ3n) is 6.55. The van der Waals surface area contributed by atoms with Crippen LogP contribution in [0, 0.1) is 6.61 Å². The van der Waals surface area contributed by atoms with Crippen molar-refractivity contribution in [1.29, 1.82) is 0 Å². The van der Waals surface area contributed by atoms with Crippen LogP contribution in [-0.4, -0.2) is 82.7 Å². The molecule has 0 fully saturated rings. The molecule has 0 aromatic heterocycles. The number of esters is 1. The molecular weight excluding hydrogens is 610 g/mol. The maximum atomic E-state index is 13.2. The van der Waals surface area contributed by atoms with E-state index in [4.69, 9.17) is 23.7 Å². The largest absolute Gasteiger partial charge is 0.508 e. The maximum Gasteiger partial charge on any atom is 0.508 e. The summed E-state index contributed by atoms with van der Waals surface area (Å²) in [6, 6.07) is 29.5. The van der Waals surface area contributed by atoms with Crippen LogP contribution in [0.4, 0.5) is 4.79 Å². The first-order chi connectivity index (χ1) is 22.5. The van der Waals surface area contributed by atoms with Gasteiger partial charge in [-0.15, -0.1) is 11.8 Å². The van der Waals surface area contributed by atoms with E-state index in [9.17, 15) is 14.4 Å². The molecule has 1 radical (unpaired) electrons. The topological polar surface area (TPSA) is 119 Å². The molecule has 1 atom stereocenters. The van der Waals surface area contributed by atoms with Gasteiger partial charge in [-0.2, -0.15) is 0 Å². The maximum absolute atomic E-state index is 13.2. The van der Waals surface area contributed by atoms with Crippen LogP contribution in [-0.2, 0) is 42.8 Å². The lowest BCUT2D eigenvalue weighted by atomic mass is 9.84. The molecule has 1 N–H and O–H groups in total. The summed E-state index contributed by atoms with van der Waals surface area (Å²) in [5.74, 6) is -0.593. The van der Waals surface area contributed by atoms with Crippen LogP contribution in [0.2, 0.25) is 0 Å². The van der Waals surface area contributed by atoms with Crippen molar-refractivity contribution < 1.29 is 42.8 Å². The summed E-state index contributed by atoms with van der Waals surface area (Å²) in [6.07, 6.45) is -0.772. The van der Waals surface area contributed by atoms with Crippen LogP contribution in [0.3, 0.4) is 0 Å². The van der Waals surface area contributed by atoms with Gasteiger partial charge < -0.3 is 33.7 Å². The molecule has 0 spiro atoms. The van der Waals surface area contributed by atoms with Gasteiger partial charge in [0.2, 0.25) is 5.91 Å². The quantitative estimate of drug-likeness (QED) is 0.0941. The molecule has 0 bridgehead atoms. The first-order valence-electron chi connectivity index (χ1n) is 15.1. The number of benzene rings is 3. The van der Waals surface area contributed by atoms with Gasteiger partial charge in [0.25, 0.3) is 0 Å². The summed E-state index contributed by atoms with van der Waals surface area (Å²) in [4.78, 5) is 36.3. The van der Waals surface area contributed by atoms with E-state index in [1.54, 1.807) is 18.7 Å². The van der Waals surface area contributed by atoms with Crippen molar-refractivity contribution in [3.8, 4) is 0 Å². The molecule has 0 aliphatic heterocycles. The molecule has 0 saturated carbocycles. The van der Waals surface area contributed by atoms with E-state index in [0.717, 1.165) is 16.7 Å². The van der Waals surface area contributed by atoms with Crippen molar-refractivity contribution in [2.45, 2.75) is 24.6 Å². The van der Waals surface area contributed by atoms with Crippen molar-refractivity contribution >= 4 is 29.8 Å². The standard InChI is InChI=1S/C35H42NO9S/c1-3-43-34(39)45-26-24-42-22-20-40-19-21-41-23-25-44-33(38)32(36-28(2)37)27-46-35(29-13-7-4-8-14-29,30-15-9-5-10-16-30)31-17-11-6-12-18-31/h3-18,32H,19-27H2,1-2H3,(H,36,37)/t32-/m0/s1. The fourth-order valence-electron chi connectivity index (χ4n) is 4.55. The van der Waals surface area contributed by atoms with Crippen molar-refractivity contribution in [3.05, 3.63) is 114 Å². The van der Waals surface area contributed by atoms with Gasteiger partial charge in [-0.1, -0.05) is 91.0 Å². The Balaban J connectivity index is 1.49. The first kappa shape index (κ1) is 36.6. The zero-order chi connectivity index (χ0) is 32.9. The predicted molar refractivity (Wildman–Crippen MR) is 175 cm³/mol. The molecule has 247 valence electrons. The number of amides is 1. The molecule has 11 heteroatoms. The Morgan fingerprint density at radius 2 is 1.09 bits per heavy atom. The van der Waals surface area contributed by atoms with E-state index in [1.807, 2.05) is 54.6 Å². The van der Waals surface area contributed by atoms with Gasteiger partial charge in [-0.25, -0.2) is 9.59 Å². The van der Waals surface area contributed by atoms with E-state index in [-0.39, 0.29) is 38.1 Å². The minimum absolute atomic E-state index is 0.0299.